The van der Waals surface area contributed by atoms with Gasteiger partial charge in [-0.15, -0.1) is 0 Å². The number of carboxylic acids is 1. The van der Waals surface area contributed by atoms with Gasteiger partial charge in [0, 0.05) is 12.1 Å². The van der Waals surface area contributed by atoms with Crippen LogP contribution < -0.4 is 5.32 Å². The van der Waals surface area contributed by atoms with Crippen LogP contribution in [0.4, 0.5) is 5.69 Å². The molecule has 0 spiro atoms. The third kappa shape index (κ3) is 4.85. The van der Waals surface area contributed by atoms with Crippen LogP contribution in [0.1, 0.15) is 18.9 Å². The smallest absolute Gasteiger partial charge is 0.303 e. The van der Waals surface area contributed by atoms with Crippen molar-refractivity contribution in [3.63, 3.8) is 0 Å². The maximum absolute atomic E-state index is 11.1. The molecule has 0 bridgehead atoms. The van der Waals surface area contributed by atoms with E-state index in [2.05, 4.69) is 17.2 Å². The van der Waals surface area contributed by atoms with Gasteiger partial charge in [-0.25, -0.2) is 0 Å². The maximum atomic E-state index is 11.1. The molecule has 1 aromatic rings. The van der Waals surface area contributed by atoms with E-state index in [4.69, 9.17) is 5.11 Å². The van der Waals surface area contributed by atoms with Gasteiger partial charge in [0.25, 0.3) is 5.91 Å². The first-order valence-electron chi connectivity index (χ1n) is 5.16. The first kappa shape index (κ1) is 12.8. The molecule has 0 saturated heterocycles. The van der Waals surface area contributed by atoms with Gasteiger partial charge in [0.2, 0.25) is 0 Å². The van der Waals surface area contributed by atoms with Crippen LogP contribution >= 0.6 is 0 Å². The average molecular weight is 231 g/mol. The number of aryl methyl sites for hydroxylation is 1. The van der Waals surface area contributed by atoms with E-state index in [0.717, 1.165) is 5.56 Å². The number of anilines is 1. The minimum atomic E-state index is -0.819. The monoisotopic (exact) mass is 231 g/mol. The topological polar surface area (TPSA) is 66.4 Å². The summed E-state index contributed by atoms with van der Waals surface area (Å²) in [6.07, 6.45) is 0.589. The number of benzene rings is 1. The molecule has 2 N–H and O–H groups in total. The zero-order valence-corrected chi connectivity index (χ0v) is 9.49. The second-order valence-corrected chi connectivity index (χ2v) is 3.42. The predicted octanol–water partition coefficient (Wildman–Crippen LogP) is 1.67. The highest BCUT2D eigenvalue weighted by Crippen LogP contribution is 2.10. The Morgan fingerprint density at radius 2 is 1.94 bits per heavy atom. The Morgan fingerprint density at radius 1 is 1.29 bits per heavy atom. The Hall–Kier alpha value is -2.28. The third-order valence-electron chi connectivity index (χ3n) is 2.08. The molecule has 0 aliphatic carbocycles. The lowest BCUT2D eigenvalue weighted by molar-refractivity contribution is -0.137. The average Bonchev–Trinajstić information content (AvgIpc) is 2.28. The number of carbonyl (C=O) groups excluding carboxylic acids is 1. The standard InChI is InChI=1S/C13H13NO3/c1-2-3-12(15)14-11-7-4-10(5-8-11)6-9-13(16)17/h4-5,7-8H,6,9H2,1H3,(H,14,15)(H,16,17). The van der Waals surface area contributed by atoms with Crippen molar-refractivity contribution < 1.29 is 14.7 Å². The molecule has 0 fully saturated rings. The Kier molecular flexibility index (Phi) is 4.77. The Bertz CT molecular complexity index is 466. The lowest BCUT2D eigenvalue weighted by Crippen LogP contribution is -2.08. The molecular weight excluding hydrogens is 218 g/mol. The van der Waals surface area contributed by atoms with Crippen LogP contribution in [0.2, 0.25) is 0 Å². The molecule has 0 aliphatic heterocycles. The van der Waals surface area contributed by atoms with E-state index in [0.29, 0.717) is 12.1 Å². The van der Waals surface area contributed by atoms with Gasteiger partial charge in [-0.3, -0.25) is 9.59 Å². The van der Waals surface area contributed by atoms with Crippen molar-refractivity contribution in [1.29, 1.82) is 0 Å². The van der Waals surface area contributed by atoms with E-state index in [9.17, 15) is 9.59 Å². The van der Waals surface area contributed by atoms with Crippen LogP contribution in [0.5, 0.6) is 0 Å². The molecule has 0 aliphatic rings. The molecule has 1 rings (SSSR count). The highest BCUT2D eigenvalue weighted by atomic mass is 16.4. The molecule has 0 heterocycles. The van der Waals surface area contributed by atoms with Gasteiger partial charge in [0.1, 0.15) is 0 Å². The van der Waals surface area contributed by atoms with E-state index in [1.54, 1.807) is 31.2 Å². The number of aliphatic carboxylic acids is 1. The zero-order chi connectivity index (χ0) is 12.7. The molecule has 0 aromatic heterocycles. The molecule has 0 atom stereocenters. The summed E-state index contributed by atoms with van der Waals surface area (Å²) in [6, 6.07) is 7.04. The summed E-state index contributed by atoms with van der Waals surface area (Å²) < 4.78 is 0. The van der Waals surface area contributed by atoms with Gasteiger partial charge < -0.3 is 10.4 Å². The summed E-state index contributed by atoms with van der Waals surface area (Å²) in [5.74, 6) is 3.70. The molecule has 1 aromatic carbocycles. The van der Waals surface area contributed by atoms with Crippen LogP contribution in [-0.4, -0.2) is 17.0 Å². The molecule has 0 saturated carbocycles. The van der Waals surface area contributed by atoms with Crippen LogP contribution in [0.3, 0.4) is 0 Å². The van der Waals surface area contributed by atoms with Crippen molar-refractivity contribution in [3.05, 3.63) is 29.8 Å². The van der Waals surface area contributed by atoms with Gasteiger partial charge in [0.05, 0.1) is 0 Å². The van der Waals surface area contributed by atoms with Gasteiger partial charge in [-0.2, -0.15) is 0 Å². The van der Waals surface area contributed by atoms with Crippen molar-refractivity contribution >= 4 is 17.6 Å². The molecule has 0 unspecified atom stereocenters. The van der Waals surface area contributed by atoms with Crippen molar-refractivity contribution in [2.24, 2.45) is 0 Å². The molecule has 0 radical (unpaired) electrons. The number of carboxylic acid groups (broad SMARTS) is 1. The number of hydrogen-bond donors (Lipinski definition) is 2. The molecule has 4 heteroatoms. The van der Waals surface area contributed by atoms with Crippen LogP contribution in [0, 0.1) is 11.8 Å². The first-order chi connectivity index (χ1) is 8.11. The van der Waals surface area contributed by atoms with Crippen molar-refractivity contribution in [2.75, 3.05) is 5.32 Å². The molecular formula is C13H13NO3. The molecule has 88 valence electrons. The lowest BCUT2D eigenvalue weighted by Gasteiger charge is -2.03. The SMILES string of the molecule is CC#CC(=O)Nc1ccc(CCC(=O)O)cc1. The van der Waals surface area contributed by atoms with Crippen molar-refractivity contribution in [3.8, 4) is 11.8 Å². The second kappa shape index (κ2) is 6.33. The summed E-state index contributed by atoms with van der Waals surface area (Å²) >= 11 is 0. The third-order valence-corrected chi connectivity index (χ3v) is 2.08. The Balaban J connectivity index is 2.57. The Labute approximate surface area is 99.7 Å². The number of hydrogen-bond acceptors (Lipinski definition) is 2. The quantitative estimate of drug-likeness (QED) is 0.774. The lowest BCUT2D eigenvalue weighted by atomic mass is 10.1. The highest BCUT2D eigenvalue weighted by molar-refractivity contribution is 6.03. The minimum Gasteiger partial charge on any atom is -0.481 e. The highest BCUT2D eigenvalue weighted by Gasteiger charge is 2.00. The van der Waals surface area contributed by atoms with Crippen molar-refractivity contribution in [1.82, 2.24) is 0 Å². The Morgan fingerprint density at radius 3 is 2.47 bits per heavy atom. The number of carbonyl (C=O) groups is 2. The van der Waals surface area contributed by atoms with E-state index >= 15 is 0 Å². The van der Waals surface area contributed by atoms with Crippen molar-refractivity contribution in [2.45, 2.75) is 19.8 Å². The summed E-state index contributed by atoms with van der Waals surface area (Å²) in [5.41, 5.74) is 1.57. The van der Waals surface area contributed by atoms with E-state index in [-0.39, 0.29) is 12.3 Å². The second-order valence-electron chi connectivity index (χ2n) is 3.42. The van der Waals surface area contributed by atoms with Gasteiger partial charge >= 0.3 is 5.97 Å². The van der Waals surface area contributed by atoms with Gasteiger partial charge in [-0.1, -0.05) is 18.1 Å². The largest absolute Gasteiger partial charge is 0.481 e. The fraction of sp³-hybridized carbons (Fsp3) is 0.231. The number of rotatable bonds is 4. The normalized spacial score (nSPS) is 9.00. The fourth-order valence-corrected chi connectivity index (χ4v) is 1.28. The molecule has 4 nitrogen and oxygen atoms in total. The number of nitrogens with one attached hydrogen (secondary N) is 1. The van der Waals surface area contributed by atoms with Crippen LogP contribution in [0.25, 0.3) is 0 Å². The van der Waals surface area contributed by atoms with E-state index in [1.165, 1.54) is 0 Å². The minimum absolute atomic E-state index is 0.104. The van der Waals surface area contributed by atoms with E-state index < -0.39 is 5.97 Å². The molecule has 1 amide bonds. The molecule has 17 heavy (non-hydrogen) atoms. The zero-order valence-electron chi connectivity index (χ0n) is 9.49. The summed E-state index contributed by atoms with van der Waals surface area (Å²) in [7, 11) is 0. The van der Waals surface area contributed by atoms with Crippen LogP contribution in [0.15, 0.2) is 24.3 Å². The number of amides is 1. The summed E-state index contributed by atoms with van der Waals surface area (Å²) in [5, 5.41) is 11.1. The van der Waals surface area contributed by atoms with E-state index in [1.807, 2.05) is 0 Å². The summed E-state index contributed by atoms with van der Waals surface area (Å²) in [6.45, 7) is 1.59. The predicted molar refractivity (Wildman–Crippen MR) is 64.5 cm³/mol. The van der Waals surface area contributed by atoms with Crippen LogP contribution in [-0.2, 0) is 16.0 Å². The van der Waals surface area contributed by atoms with Gasteiger partial charge in [0.15, 0.2) is 0 Å². The van der Waals surface area contributed by atoms with Gasteiger partial charge in [-0.05, 0) is 37.0 Å². The maximum Gasteiger partial charge on any atom is 0.303 e. The summed E-state index contributed by atoms with van der Waals surface area (Å²) in [4.78, 5) is 21.5. The fourth-order valence-electron chi connectivity index (χ4n) is 1.28. The first-order valence-corrected chi connectivity index (χ1v) is 5.16.